The first-order valence-electron chi connectivity index (χ1n) is 7.46. The molecule has 0 spiro atoms. The van der Waals surface area contributed by atoms with Crippen LogP contribution >= 0.6 is 0 Å². The smallest absolute Gasteiger partial charge is 0.224 e. The summed E-state index contributed by atoms with van der Waals surface area (Å²) in [5.41, 5.74) is 7.35. The Hall–Kier alpha value is -1.55. The Morgan fingerprint density at radius 2 is 1.95 bits per heavy atom. The molecule has 0 aliphatic heterocycles. The van der Waals surface area contributed by atoms with Crippen molar-refractivity contribution in [2.75, 3.05) is 25.9 Å². The number of hydrogen-bond acceptors (Lipinski definition) is 3. The molecule has 110 valence electrons. The molecule has 4 nitrogen and oxygen atoms in total. The van der Waals surface area contributed by atoms with E-state index in [2.05, 4.69) is 17.3 Å². The van der Waals surface area contributed by atoms with E-state index in [1.165, 1.54) is 25.7 Å². The summed E-state index contributed by atoms with van der Waals surface area (Å²) in [5.74, 6) is 0.0783. The van der Waals surface area contributed by atoms with Crippen molar-refractivity contribution >= 4 is 11.6 Å². The van der Waals surface area contributed by atoms with Crippen LogP contribution in [-0.4, -0.2) is 37.0 Å². The molecule has 4 heteroatoms. The molecule has 20 heavy (non-hydrogen) atoms. The first kappa shape index (κ1) is 14.9. The summed E-state index contributed by atoms with van der Waals surface area (Å²) in [7, 11) is 2.15. The van der Waals surface area contributed by atoms with Crippen molar-refractivity contribution in [3.05, 3.63) is 29.8 Å². The molecule has 0 unspecified atom stereocenters. The van der Waals surface area contributed by atoms with E-state index in [1.807, 2.05) is 24.3 Å². The average Bonchev–Trinajstić information content (AvgIpc) is 2.95. The number of nitrogen functional groups attached to an aromatic ring is 1. The van der Waals surface area contributed by atoms with Crippen molar-refractivity contribution in [3.63, 3.8) is 0 Å². The van der Waals surface area contributed by atoms with Gasteiger partial charge in [-0.3, -0.25) is 4.79 Å². The fourth-order valence-electron chi connectivity index (χ4n) is 2.78. The van der Waals surface area contributed by atoms with Gasteiger partial charge in [-0.25, -0.2) is 0 Å². The molecule has 1 aliphatic rings. The first-order valence-corrected chi connectivity index (χ1v) is 7.46. The van der Waals surface area contributed by atoms with Gasteiger partial charge in [-0.2, -0.15) is 0 Å². The Balaban J connectivity index is 1.65. The number of carbonyl (C=O) groups excluding carboxylic acids is 1. The molecule has 0 radical (unpaired) electrons. The van der Waals surface area contributed by atoms with Gasteiger partial charge < -0.3 is 16.0 Å². The molecule has 0 heterocycles. The fourth-order valence-corrected chi connectivity index (χ4v) is 2.78. The molecule has 0 saturated heterocycles. The Labute approximate surface area is 121 Å². The highest BCUT2D eigenvalue weighted by atomic mass is 16.1. The molecule has 1 fully saturated rings. The highest BCUT2D eigenvalue weighted by molar-refractivity contribution is 5.78. The van der Waals surface area contributed by atoms with Crippen LogP contribution in [0.3, 0.4) is 0 Å². The highest BCUT2D eigenvalue weighted by Crippen LogP contribution is 2.21. The average molecular weight is 275 g/mol. The van der Waals surface area contributed by atoms with E-state index >= 15 is 0 Å². The number of likely N-dealkylation sites (N-methyl/N-ethyl adjacent to an activating group) is 1. The van der Waals surface area contributed by atoms with E-state index in [0.29, 0.717) is 12.5 Å². The third-order valence-electron chi connectivity index (χ3n) is 4.08. The number of rotatable bonds is 6. The lowest BCUT2D eigenvalue weighted by atomic mass is 10.1. The molecular formula is C16H25N3O. The molecule has 0 atom stereocenters. The normalized spacial score (nSPS) is 15.7. The van der Waals surface area contributed by atoms with Crippen LogP contribution < -0.4 is 11.1 Å². The second-order valence-electron chi connectivity index (χ2n) is 5.69. The lowest BCUT2D eigenvalue weighted by Gasteiger charge is -2.23. The quantitative estimate of drug-likeness (QED) is 0.778. The van der Waals surface area contributed by atoms with Gasteiger partial charge in [-0.15, -0.1) is 0 Å². The minimum absolute atomic E-state index is 0.0783. The number of carbonyl (C=O) groups is 1. The second-order valence-corrected chi connectivity index (χ2v) is 5.69. The Morgan fingerprint density at radius 1 is 1.30 bits per heavy atom. The van der Waals surface area contributed by atoms with Crippen LogP contribution in [0.5, 0.6) is 0 Å². The fraction of sp³-hybridized carbons (Fsp3) is 0.562. The van der Waals surface area contributed by atoms with Gasteiger partial charge in [0.05, 0.1) is 6.42 Å². The Kier molecular flexibility index (Phi) is 5.41. The van der Waals surface area contributed by atoms with Gasteiger partial charge in [0.2, 0.25) is 5.91 Å². The van der Waals surface area contributed by atoms with Crippen LogP contribution in [-0.2, 0) is 11.2 Å². The van der Waals surface area contributed by atoms with Crippen LogP contribution in [0.15, 0.2) is 24.3 Å². The minimum Gasteiger partial charge on any atom is -0.399 e. The zero-order chi connectivity index (χ0) is 14.4. The molecule has 1 aromatic rings. The summed E-state index contributed by atoms with van der Waals surface area (Å²) in [4.78, 5) is 14.2. The van der Waals surface area contributed by atoms with Crippen LogP contribution in [0.25, 0.3) is 0 Å². The zero-order valence-corrected chi connectivity index (χ0v) is 12.3. The molecule has 1 saturated carbocycles. The van der Waals surface area contributed by atoms with E-state index in [9.17, 15) is 4.79 Å². The topological polar surface area (TPSA) is 58.4 Å². The molecule has 1 amide bonds. The van der Waals surface area contributed by atoms with Crippen molar-refractivity contribution in [1.82, 2.24) is 10.2 Å². The van der Waals surface area contributed by atoms with Gasteiger partial charge >= 0.3 is 0 Å². The van der Waals surface area contributed by atoms with Crippen molar-refractivity contribution in [2.45, 2.75) is 38.1 Å². The van der Waals surface area contributed by atoms with E-state index < -0.39 is 0 Å². The number of hydrogen-bond donors (Lipinski definition) is 2. The van der Waals surface area contributed by atoms with Crippen molar-refractivity contribution in [2.24, 2.45) is 0 Å². The number of anilines is 1. The second kappa shape index (κ2) is 7.29. The van der Waals surface area contributed by atoms with Crippen LogP contribution in [0, 0.1) is 0 Å². The molecular weight excluding hydrogens is 250 g/mol. The van der Waals surface area contributed by atoms with Crippen LogP contribution in [0.1, 0.15) is 31.2 Å². The summed E-state index contributed by atoms with van der Waals surface area (Å²) in [6.45, 7) is 1.65. The third-order valence-corrected chi connectivity index (χ3v) is 4.08. The number of nitrogens with zero attached hydrogens (tertiary/aromatic N) is 1. The lowest BCUT2D eigenvalue weighted by Crippen LogP contribution is -2.37. The standard InChI is InChI=1S/C16H25N3O/c1-19(15-4-2-3-5-15)11-10-18-16(20)12-13-6-8-14(17)9-7-13/h6-9,15H,2-5,10-12,17H2,1H3,(H,18,20). The minimum atomic E-state index is 0.0783. The maximum Gasteiger partial charge on any atom is 0.224 e. The number of amides is 1. The Bertz CT molecular complexity index is 424. The van der Waals surface area contributed by atoms with Gasteiger partial charge in [0.1, 0.15) is 0 Å². The highest BCUT2D eigenvalue weighted by Gasteiger charge is 2.18. The molecule has 0 aromatic heterocycles. The van der Waals surface area contributed by atoms with Gasteiger partial charge in [0.15, 0.2) is 0 Å². The summed E-state index contributed by atoms with van der Waals surface area (Å²) >= 11 is 0. The molecule has 2 rings (SSSR count). The summed E-state index contributed by atoms with van der Waals surface area (Å²) in [5, 5.41) is 2.99. The van der Waals surface area contributed by atoms with Crippen LogP contribution in [0.2, 0.25) is 0 Å². The van der Waals surface area contributed by atoms with Gasteiger partial charge in [-0.05, 0) is 37.6 Å². The molecule has 1 aromatic carbocycles. The van der Waals surface area contributed by atoms with Crippen molar-refractivity contribution in [1.29, 1.82) is 0 Å². The Morgan fingerprint density at radius 3 is 2.60 bits per heavy atom. The summed E-state index contributed by atoms with van der Waals surface area (Å²) < 4.78 is 0. The molecule has 3 N–H and O–H groups in total. The predicted octanol–water partition coefficient (Wildman–Crippen LogP) is 1.80. The van der Waals surface area contributed by atoms with Crippen LogP contribution in [0.4, 0.5) is 5.69 Å². The number of benzene rings is 1. The van der Waals surface area contributed by atoms with E-state index in [0.717, 1.165) is 24.3 Å². The van der Waals surface area contributed by atoms with E-state index in [4.69, 9.17) is 5.73 Å². The van der Waals surface area contributed by atoms with Crippen molar-refractivity contribution in [3.8, 4) is 0 Å². The number of nitrogens with two attached hydrogens (primary N) is 1. The summed E-state index contributed by atoms with van der Waals surface area (Å²) in [6.07, 6.45) is 5.72. The predicted molar refractivity (Wildman–Crippen MR) is 82.5 cm³/mol. The van der Waals surface area contributed by atoms with Gasteiger partial charge in [0.25, 0.3) is 0 Å². The zero-order valence-electron chi connectivity index (χ0n) is 12.3. The monoisotopic (exact) mass is 275 g/mol. The van der Waals surface area contributed by atoms with E-state index in [-0.39, 0.29) is 5.91 Å². The van der Waals surface area contributed by atoms with Gasteiger partial charge in [-0.1, -0.05) is 25.0 Å². The molecule has 0 bridgehead atoms. The van der Waals surface area contributed by atoms with E-state index in [1.54, 1.807) is 0 Å². The SMILES string of the molecule is CN(CCNC(=O)Cc1ccc(N)cc1)C1CCCC1. The lowest BCUT2D eigenvalue weighted by molar-refractivity contribution is -0.120. The first-order chi connectivity index (χ1) is 9.65. The largest absolute Gasteiger partial charge is 0.399 e. The maximum absolute atomic E-state index is 11.8. The molecule has 1 aliphatic carbocycles. The third kappa shape index (κ3) is 4.53. The maximum atomic E-state index is 11.8. The van der Waals surface area contributed by atoms with Crippen molar-refractivity contribution < 1.29 is 4.79 Å². The number of nitrogens with one attached hydrogen (secondary N) is 1. The summed E-state index contributed by atoms with van der Waals surface area (Å²) in [6, 6.07) is 8.18. The van der Waals surface area contributed by atoms with Gasteiger partial charge in [0, 0.05) is 24.8 Å².